The predicted octanol–water partition coefficient (Wildman–Crippen LogP) is -1.02. The van der Waals surface area contributed by atoms with Gasteiger partial charge in [-0.3, -0.25) is 19.6 Å². The van der Waals surface area contributed by atoms with Crippen molar-refractivity contribution in [3.63, 3.8) is 0 Å². The van der Waals surface area contributed by atoms with Crippen LogP contribution in [0.1, 0.15) is 0 Å². The summed E-state index contributed by atoms with van der Waals surface area (Å²) in [5, 5.41) is 0. The molecule has 10 heavy (non-hydrogen) atoms. The van der Waals surface area contributed by atoms with Crippen molar-refractivity contribution < 1.29 is 0 Å². The Hall–Kier alpha value is -0.160. The van der Waals surface area contributed by atoms with Gasteiger partial charge in [0.2, 0.25) is 0 Å². The molecule has 4 aliphatic heterocycles. The van der Waals surface area contributed by atoms with Gasteiger partial charge in [-0.2, -0.15) is 0 Å². The van der Waals surface area contributed by atoms with Crippen LogP contribution in [-0.4, -0.2) is 59.6 Å². The highest BCUT2D eigenvalue weighted by atomic mass is 16.7. The third-order valence-electron chi connectivity index (χ3n) is 2.40. The molecular weight excluding hydrogens is 138 g/mol. The van der Waals surface area contributed by atoms with Crippen molar-refractivity contribution >= 4 is 0 Å². The molecule has 0 unspecified atom stereocenters. The first-order valence-corrected chi connectivity index (χ1v) is 3.79. The molecule has 4 heteroatoms. The van der Waals surface area contributed by atoms with E-state index in [1.54, 1.807) is 0 Å². The normalized spacial score (nSPS) is 57.6. The fraction of sp³-hybridized carbons (Fsp3) is 1.00. The van der Waals surface area contributed by atoms with Crippen LogP contribution in [0.5, 0.6) is 0 Å². The first-order chi connectivity index (χ1) is 4.90. The van der Waals surface area contributed by atoms with E-state index in [2.05, 4.69) is 19.6 Å². The van der Waals surface area contributed by atoms with Gasteiger partial charge in [0.1, 0.15) is 0 Å². The van der Waals surface area contributed by atoms with Gasteiger partial charge < -0.3 is 0 Å². The molecule has 0 radical (unpaired) electrons. The zero-order chi connectivity index (χ0) is 6.55. The van der Waals surface area contributed by atoms with Crippen LogP contribution in [-0.2, 0) is 0 Å². The van der Waals surface area contributed by atoms with Gasteiger partial charge in [-0.25, -0.2) is 0 Å². The summed E-state index contributed by atoms with van der Waals surface area (Å²) >= 11 is 0. The van der Waals surface area contributed by atoms with E-state index < -0.39 is 0 Å². The molecule has 0 N–H and O–H groups in total. The van der Waals surface area contributed by atoms with Crippen LogP contribution in [0.4, 0.5) is 0 Å². The average Bonchev–Trinajstić information content (AvgIpc) is 1.82. The molecule has 0 spiro atoms. The lowest BCUT2D eigenvalue weighted by molar-refractivity contribution is -0.194. The van der Waals surface area contributed by atoms with E-state index in [1.807, 2.05) is 0 Å². The molecule has 0 amide bonds. The van der Waals surface area contributed by atoms with Crippen LogP contribution in [0.25, 0.3) is 0 Å². The quantitative estimate of drug-likeness (QED) is 0.323. The molecule has 0 aromatic heterocycles. The third-order valence-corrected chi connectivity index (χ3v) is 2.40. The largest absolute Gasteiger partial charge is 0.264 e. The summed E-state index contributed by atoms with van der Waals surface area (Å²) in [5.41, 5.74) is 0. The molecule has 0 aromatic rings. The van der Waals surface area contributed by atoms with Crippen LogP contribution in [0.15, 0.2) is 0 Å². The molecule has 4 fully saturated rings. The summed E-state index contributed by atoms with van der Waals surface area (Å²) in [6, 6.07) is 0. The lowest BCUT2D eigenvalue weighted by atomic mass is 11.4. The Morgan fingerprint density at radius 2 is 0.600 bits per heavy atom. The van der Waals surface area contributed by atoms with Gasteiger partial charge in [-0.1, -0.05) is 0 Å². The first kappa shape index (κ1) is 5.49. The summed E-state index contributed by atoms with van der Waals surface area (Å²) in [4.78, 5) is 9.88. The van der Waals surface area contributed by atoms with Gasteiger partial charge in [0.05, 0.1) is 40.0 Å². The Morgan fingerprint density at radius 3 is 0.800 bits per heavy atom. The average molecular weight is 150 g/mol. The Kier molecular flexibility index (Phi) is 0.936. The minimum absolute atomic E-state index is 1.19. The summed E-state index contributed by atoms with van der Waals surface area (Å²) in [6.45, 7) is 7.12. The molecule has 4 nitrogen and oxygen atoms in total. The molecule has 0 aromatic carbocycles. The van der Waals surface area contributed by atoms with Crippen molar-refractivity contribution in [1.29, 1.82) is 0 Å². The fourth-order valence-electron chi connectivity index (χ4n) is 2.23. The van der Waals surface area contributed by atoms with E-state index in [-0.39, 0.29) is 0 Å². The zero-order valence-electron chi connectivity index (χ0n) is 6.03. The predicted molar refractivity (Wildman–Crippen MR) is 36.6 cm³/mol. The van der Waals surface area contributed by atoms with Crippen molar-refractivity contribution in [1.82, 2.24) is 19.6 Å². The number of rotatable bonds is 0. The van der Waals surface area contributed by atoms with Crippen molar-refractivity contribution in [2.24, 2.45) is 0 Å². The van der Waals surface area contributed by atoms with E-state index in [9.17, 15) is 0 Å². The monoisotopic (exact) mass is 150 g/mol. The van der Waals surface area contributed by atoms with Crippen molar-refractivity contribution in [3.8, 4) is 0 Å². The van der Waals surface area contributed by atoms with Gasteiger partial charge in [0.25, 0.3) is 0 Å². The Labute approximate surface area is 60.6 Å². The molecule has 4 saturated heterocycles. The fourth-order valence-corrected chi connectivity index (χ4v) is 2.23. The van der Waals surface area contributed by atoms with E-state index in [4.69, 9.17) is 0 Å². The van der Waals surface area contributed by atoms with Crippen LogP contribution in [0.2, 0.25) is 0 Å². The van der Waals surface area contributed by atoms with Gasteiger partial charge in [-0.05, 0) is 0 Å². The second-order valence-electron chi connectivity index (χ2n) is 3.53. The highest BCUT2D eigenvalue weighted by Gasteiger charge is 2.36. The number of hydrogen-bond donors (Lipinski definition) is 0. The second-order valence-corrected chi connectivity index (χ2v) is 3.53. The van der Waals surface area contributed by atoms with Crippen LogP contribution < -0.4 is 0 Å². The minimum Gasteiger partial charge on any atom is -0.264 e. The lowest BCUT2D eigenvalue weighted by Crippen LogP contribution is -2.71. The van der Waals surface area contributed by atoms with Crippen molar-refractivity contribution in [2.45, 2.75) is 0 Å². The number of nitrogens with zero attached hydrogens (tertiary/aromatic N) is 4. The second kappa shape index (κ2) is 1.71. The Balaban J connectivity index is 1.90. The number of hydrogen-bond acceptors (Lipinski definition) is 4. The molecule has 0 aliphatic carbocycles. The standard InChI is InChI=1S/C6H12N4/c1-7-2-9-4-8(1)5-10(3-7)6-9/h1-6H2/i1+1,2+1,3+1,4+1,5+1,6+1,7+1,8+1,9+1,10+1. The van der Waals surface area contributed by atoms with Crippen LogP contribution >= 0.6 is 0 Å². The van der Waals surface area contributed by atoms with E-state index >= 15 is 0 Å². The Bertz CT molecular complexity index is 101. The maximum atomic E-state index is 2.47. The van der Waals surface area contributed by atoms with Gasteiger partial charge in [0.15, 0.2) is 0 Å². The third kappa shape index (κ3) is 0.645. The highest BCUT2D eigenvalue weighted by molar-refractivity contribution is 4.79. The molecule has 0 saturated carbocycles. The zero-order valence-corrected chi connectivity index (χ0v) is 6.03. The molecular formula is C6H12N4. The molecule has 56 valence electrons. The van der Waals surface area contributed by atoms with Gasteiger partial charge >= 0.3 is 0 Å². The topological polar surface area (TPSA) is 13.0 Å². The summed E-state index contributed by atoms with van der Waals surface area (Å²) < 4.78 is 0. The SMILES string of the molecule is [13CH2]1[15N]2[13CH2][15N]3[13CH2][15N]1[13CH2][15N]([13CH2]2)[13CH2]3. The molecule has 4 rings (SSSR count). The molecule has 4 heterocycles. The maximum absolute atomic E-state index is 2.47. The van der Waals surface area contributed by atoms with Gasteiger partial charge in [0, 0.05) is 0 Å². The molecule has 4 bridgehead atoms. The van der Waals surface area contributed by atoms with Gasteiger partial charge in [-0.15, -0.1) is 0 Å². The van der Waals surface area contributed by atoms with E-state index in [0.717, 1.165) is 0 Å². The van der Waals surface area contributed by atoms with Crippen molar-refractivity contribution in [3.05, 3.63) is 0 Å². The smallest absolute Gasteiger partial charge is 0.0555 e. The van der Waals surface area contributed by atoms with E-state index in [0.29, 0.717) is 0 Å². The summed E-state index contributed by atoms with van der Waals surface area (Å²) in [6.07, 6.45) is 0. The van der Waals surface area contributed by atoms with E-state index in [1.165, 1.54) is 40.0 Å². The summed E-state index contributed by atoms with van der Waals surface area (Å²) in [7, 11) is 0. The summed E-state index contributed by atoms with van der Waals surface area (Å²) in [5.74, 6) is 0. The van der Waals surface area contributed by atoms with Crippen molar-refractivity contribution in [2.75, 3.05) is 40.0 Å². The lowest BCUT2D eigenvalue weighted by Gasteiger charge is -2.56. The molecule has 4 aliphatic rings. The first-order valence-electron chi connectivity index (χ1n) is 3.79. The van der Waals surface area contributed by atoms with Crippen LogP contribution in [0.3, 0.4) is 0 Å². The highest BCUT2D eigenvalue weighted by Crippen LogP contribution is 2.20. The Morgan fingerprint density at radius 1 is 0.400 bits per heavy atom. The molecule has 0 atom stereocenters. The maximum Gasteiger partial charge on any atom is 0.0555 e. The van der Waals surface area contributed by atoms with Crippen LogP contribution in [0, 0.1) is 0 Å². The minimum atomic E-state index is 1.19.